The number of aliphatic carboxylic acids is 1. The van der Waals surface area contributed by atoms with Crippen molar-refractivity contribution in [3.63, 3.8) is 0 Å². The molecule has 0 aromatic rings. The fourth-order valence-electron chi connectivity index (χ4n) is 1.29. The molecule has 86 valence electrons. The molecule has 3 nitrogen and oxygen atoms in total. The Kier molecular flexibility index (Phi) is 7.64. The van der Waals surface area contributed by atoms with Crippen molar-refractivity contribution in [1.82, 2.24) is 5.32 Å². The van der Waals surface area contributed by atoms with Gasteiger partial charge in [-0.3, -0.25) is 4.79 Å². The molecule has 0 saturated heterocycles. The van der Waals surface area contributed by atoms with E-state index in [2.05, 4.69) is 18.5 Å². The fraction of sp³-hybridized carbons (Fsp3) is 0.583. The first kappa shape index (κ1) is 13.9. The molecule has 0 rings (SSSR count). The molecule has 0 radical (unpaired) electrons. The molecular weight excluding hydrogens is 190 g/mol. The Morgan fingerprint density at radius 3 is 2.33 bits per heavy atom. The topological polar surface area (TPSA) is 49.3 Å². The van der Waals surface area contributed by atoms with Gasteiger partial charge in [-0.2, -0.15) is 0 Å². The maximum Gasteiger partial charge on any atom is 0.306 e. The predicted molar refractivity (Wildman–Crippen MR) is 62.8 cm³/mol. The summed E-state index contributed by atoms with van der Waals surface area (Å²) in [6.45, 7) is 9.82. The van der Waals surface area contributed by atoms with Crippen LogP contribution in [-0.2, 0) is 4.79 Å². The number of nitrogens with one attached hydrogen (secondary N) is 1. The Hall–Kier alpha value is -1.09. The molecular formula is C12H21NO2. The molecule has 0 heterocycles. The van der Waals surface area contributed by atoms with Crippen molar-refractivity contribution in [2.45, 2.75) is 32.2 Å². The molecule has 2 N–H and O–H groups in total. The molecule has 15 heavy (non-hydrogen) atoms. The van der Waals surface area contributed by atoms with Crippen LogP contribution in [0.2, 0.25) is 0 Å². The van der Waals surface area contributed by atoms with Gasteiger partial charge < -0.3 is 10.4 Å². The van der Waals surface area contributed by atoms with E-state index in [1.54, 1.807) is 6.92 Å². The number of carbonyl (C=O) groups is 1. The number of rotatable bonds is 9. The lowest BCUT2D eigenvalue weighted by atomic mass is 10.1. The summed E-state index contributed by atoms with van der Waals surface area (Å²) < 4.78 is 0. The summed E-state index contributed by atoms with van der Waals surface area (Å²) in [4.78, 5) is 10.6. The highest BCUT2D eigenvalue weighted by Crippen LogP contribution is 2.03. The molecule has 0 amide bonds. The van der Waals surface area contributed by atoms with E-state index in [1.165, 1.54) is 0 Å². The first-order valence-corrected chi connectivity index (χ1v) is 5.29. The van der Waals surface area contributed by atoms with Gasteiger partial charge in [0.05, 0.1) is 5.92 Å². The SMILES string of the molecule is C=CCC(CC=C)NCCC(C)C(=O)O. The van der Waals surface area contributed by atoms with Crippen LogP contribution in [-0.4, -0.2) is 23.7 Å². The smallest absolute Gasteiger partial charge is 0.306 e. The standard InChI is InChI=1S/C12H21NO2/c1-4-6-11(7-5-2)13-9-8-10(3)12(14)15/h4-5,10-11,13H,1-2,6-9H2,3H3,(H,14,15). The Morgan fingerprint density at radius 1 is 1.40 bits per heavy atom. The van der Waals surface area contributed by atoms with Crippen molar-refractivity contribution < 1.29 is 9.90 Å². The van der Waals surface area contributed by atoms with Crippen molar-refractivity contribution in [3.05, 3.63) is 25.3 Å². The largest absolute Gasteiger partial charge is 0.481 e. The highest BCUT2D eigenvalue weighted by molar-refractivity contribution is 5.69. The van der Waals surface area contributed by atoms with Crippen LogP contribution >= 0.6 is 0 Å². The highest BCUT2D eigenvalue weighted by Gasteiger charge is 2.11. The van der Waals surface area contributed by atoms with Crippen molar-refractivity contribution >= 4 is 5.97 Å². The summed E-state index contributed by atoms with van der Waals surface area (Å²) >= 11 is 0. The predicted octanol–water partition coefficient (Wildman–Crippen LogP) is 2.21. The molecule has 0 aliphatic rings. The van der Waals surface area contributed by atoms with E-state index in [0.29, 0.717) is 12.5 Å². The van der Waals surface area contributed by atoms with E-state index in [9.17, 15) is 4.79 Å². The molecule has 1 atom stereocenters. The fourth-order valence-corrected chi connectivity index (χ4v) is 1.29. The van der Waals surface area contributed by atoms with E-state index in [-0.39, 0.29) is 5.92 Å². The highest BCUT2D eigenvalue weighted by atomic mass is 16.4. The van der Waals surface area contributed by atoms with Crippen molar-refractivity contribution in [3.8, 4) is 0 Å². The molecule has 1 unspecified atom stereocenters. The number of hydrogen-bond donors (Lipinski definition) is 2. The lowest BCUT2D eigenvalue weighted by Gasteiger charge is -2.16. The Labute approximate surface area is 91.9 Å². The van der Waals surface area contributed by atoms with Crippen LogP contribution in [0.1, 0.15) is 26.2 Å². The minimum Gasteiger partial charge on any atom is -0.481 e. The number of hydrogen-bond acceptors (Lipinski definition) is 2. The summed E-state index contributed by atoms with van der Waals surface area (Å²) in [6.07, 6.45) is 6.14. The van der Waals surface area contributed by atoms with Crippen molar-refractivity contribution in [2.75, 3.05) is 6.54 Å². The van der Waals surface area contributed by atoms with Crippen LogP contribution in [0.25, 0.3) is 0 Å². The van der Waals surface area contributed by atoms with E-state index in [1.807, 2.05) is 12.2 Å². The van der Waals surface area contributed by atoms with Gasteiger partial charge >= 0.3 is 5.97 Å². The van der Waals surface area contributed by atoms with E-state index >= 15 is 0 Å². The van der Waals surface area contributed by atoms with Crippen LogP contribution in [0.15, 0.2) is 25.3 Å². The maximum absolute atomic E-state index is 10.6. The van der Waals surface area contributed by atoms with Crippen LogP contribution in [0.3, 0.4) is 0 Å². The molecule has 0 fully saturated rings. The Balaban J connectivity index is 3.73. The van der Waals surface area contributed by atoms with Crippen molar-refractivity contribution in [1.29, 1.82) is 0 Å². The van der Waals surface area contributed by atoms with E-state index < -0.39 is 5.97 Å². The molecule has 0 bridgehead atoms. The third-order valence-corrected chi connectivity index (χ3v) is 2.33. The average molecular weight is 211 g/mol. The second-order valence-electron chi connectivity index (χ2n) is 3.73. The minimum absolute atomic E-state index is 0.286. The molecule has 0 aromatic carbocycles. The average Bonchev–Trinajstić information content (AvgIpc) is 2.18. The lowest BCUT2D eigenvalue weighted by molar-refractivity contribution is -0.141. The minimum atomic E-state index is -0.735. The number of carboxylic acid groups (broad SMARTS) is 1. The van der Waals surface area contributed by atoms with Gasteiger partial charge in [0.25, 0.3) is 0 Å². The molecule has 0 aromatic heterocycles. The summed E-state index contributed by atoms with van der Waals surface area (Å²) in [7, 11) is 0. The molecule has 3 heteroatoms. The quantitative estimate of drug-likeness (QED) is 0.575. The third kappa shape index (κ3) is 6.91. The van der Waals surface area contributed by atoms with Gasteiger partial charge in [-0.15, -0.1) is 13.2 Å². The van der Waals surface area contributed by atoms with Crippen LogP contribution in [0, 0.1) is 5.92 Å². The second-order valence-corrected chi connectivity index (χ2v) is 3.73. The van der Waals surface area contributed by atoms with Gasteiger partial charge in [-0.25, -0.2) is 0 Å². The zero-order valence-electron chi connectivity index (χ0n) is 9.41. The zero-order chi connectivity index (χ0) is 11.7. The van der Waals surface area contributed by atoms with Crippen molar-refractivity contribution in [2.24, 2.45) is 5.92 Å². The van der Waals surface area contributed by atoms with Gasteiger partial charge in [0.2, 0.25) is 0 Å². The van der Waals surface area contributed by atoms with Gasteiger partial charge in [-0.1, -0.05) is 19.1 Å². The van der Waals surface area contributed by atoms with Crippen LogP contribution in [0.4, 0.5) is 0 Å². The van der Waals surface area contributed by atoms with Crippen LogP contribution < -0.4 is 5.32 Å². The molecule has 0 saturated carbocycles. The third-order valence-electron chi connectivity index (χ3n) is 2.33. The van der Waals surface area contributed by atoms with Gasteiger partial charge in [0.15, 0.2) is 0 Å². The Morgan fingerprint density at radius 2 is 1.93 bits per heavy atom. The maximum atomic E-state index is 10.6. The summed E-state index contributed by atoms with van der Waals surface area (Å²) in [5, 5.41) is 12.0. The molecule has 0 aliphatic carbocycles. The summed E-state index contributed by atoms with van der Waals surface area (Å²) in [5.41, 5.74) is 0. The van der Waals surface area contributed by atoms with Gasteiger partial charge in [0.1, 0.15) is 0 Å². The Bertz CT molecular complexity index is 204. The normalized spacial score (nSPS) is 12.4. The molecule has 0 spiro atoms. The monoisotopic (exact) mass is 211 g/mol. The lowest BCUT2D eigenvalue weighted by Crippen LogP contribution is -2.30. The summed E-state index contributed by atoms with van der Waals surface area (Å²) in [5.74, 6) is -1.02. The van der Waals surface area contributed by atoms with Crippen LogP contribution in [0.5, 0.6) is 0 Å². The first-order chi connectivity index (χ1) is 7.11. The second kappa shape index (κ2) is 8.24. The van der Waals surface area contributed by atoms with E-state index in [4.69, 9.17) is 5.11 Å². The summed E-state index contributed by atoms with van der Waals surface area (Å²) in [6, 6.07) is 0.334. The molecule has 0 aliphatic heterocycles. The van der Waals surface area contributed by atoms with Gasteiger partial charge in [-0.05, 0) is 25.8 Å². The first-order valence-electron chi connectivity index (χ1n) is 5.29. The van der Waals surface area contributed by atoms with Gasteiger partial charge in [0, 0.05) is 6.04 Å². The number of carboxylic acids is 1. The zero-order valence-corrected chi connectivity index (χ0v) is 9.41. The van der Waals surface area contributed by atoms with E-state index in [0.717, 1.165) is 19.4 Å².